The number of aldehydes is 1. The lowest BCUT2D eigenvalue weighted by Gasteiger charge is -2.50. The van der Waals surface area contributed by atoms with Gasteiger partial charge >= 0.3 is 11.9 Å². The SMILES string of the molecule is CCOC(=O)[C@H]1[C@H](C)O[C@@H](O[C@H]2[C@H](N(C)C)[C@@H](O)[C@H](O[C@H]3[C@@H](CC=O)C[C@@H](C)[C@@H](O)CN(C)CCC(/C=C/Cc4ccnc5ccccc45)NC(=O)C[C@@H](OC(=O)CC)[C@@H]3OC)O[C@@H]2C)C[C@@]1(C)O. The number of β-amino-alcohol motifs (C(OH)–C–C–N with tert-alkyl or cyclic N) is 1. The number of benzene rings is 1. The van der Waals surface area contributed by atoms with Crippen molar-refractivity contribution in [1.82, 2.24) is 20.1 Å². The summed E-state index contributed by atoms with van der Waals surface area (Å²) in [6.45, 7) is 11.1. The van der Waals surface area contributed by atoms with Crippen molar-refractivity contribution in [3.05, 3.63) is 54.2 Å². The van der Waals surface area contributed by atoms with Crippen LogP contribution >= 0.6 is 0 Å². The number of carbonyl (C=O) groups is 4. The third-order valence-electron chi connectivity index (χ3n) is 13.8. The molecule has 0 spiro atoms. The van der Waals surface area contributed by atoms with Crippen molar-refractivity contribution in [2.75, 3.05) is 47.9 Å². The van der Waals surface area contributed by atoms with Crippen LogP contribution in [0.2, 0.25) is 0 Å². The molecule has 1 unspecified atom stereocenters. The van der Waals surface area contributed by atoms with Gasteiger partial charge in [0.15, 0.2) is 12.6 Å². The molecule has 0 aliphatic carbocycles. The third-order valence-corrected chi connectivity index (χ3v) is 13.8. The van der Waals surface area contributed by atoms with Gasteiger partial charge in [-0.15, -0.1) is 0 Å². The highest BCUT2D eigenvalue weighted by Gasteiger charge is 2.53. The molecule has 0 saturated carbocycles. The van der Waals surface area contributed by atoms with E-state index >= 15 is 0 Å². The molecule has 1 aromatic heterocycles. The molecule has 386 valence electrons. The van der Waals surface area contributed by atoms with E-state index in [0.29, 0.717) is 25.9 Å². The summed E-state index contributed by atoms with van der Waals surface area (Å²) < 4.78 is 43.4. The Morgan fingerprint density at radius 2 is 1.78 bits per heavy atom. The molecule has 0 bridgehead atoms. The summed E-state index contributed by atoms with van der Waals surface area (Å²) in [4.78, 5) is 61.1. The minimum atomic E-state index is -1.54. The average molecular weight is 971 g/mol. The first-order chi connectivity index (χ1) is 32.8. The van der Waals surface area contributed by atoms with Crippen molar-refractivity contribution in [2.45, 2.75) is 166 Å². The normalized spacial score (nSPS) is 35.8. The van der Waals surface area contributed by atoms with Crippen LogP contribution < -0.4 is 5.32 Å². The lowest BCUT2D eigenvalue weighted by atomic mass is 9.80. The first-order valence-electron chi connectivity index (χ1n) is 24.5. The van der Waals surface area contributed by atoms with Crippen LogP contribution in [0.15, 0.2) is 48.7 Å². The van der Waals surface area contributed by atoms with E-state index in [9.17, 15) is 34.5 Å². The first-order valence-corrected chi connectivity index (χ1v) is 24.5. The molecule has 2 aromatic rings. The average Bonchev–Trinajstić information content (AvgIpc) is 3.28. The second-order valence-corrected chi connectivity index (χ2v) is 19.5. The summed E-state index contributed by atoms with van der Waals surface area (Å²) in [6, 6.07) is 8.64. The molecule has 3 saturated heterocycles. The molecule has 3 fully saturated rings. The van der Waals surface area contributed by atoms with E-state index < -0.39 is 109 Å². The zero-order chi connectivity index (χ0) is 50.6. The Kier molecular flexibility index (Phi) is 21.1. The Morgan fingerprint density at radius 3 is 2.45 bits per heavy atom. The minimum Gasteiger partial charge on any atom is -0.466 e. The van der Waals surface area contributed by atoms with Crippen LogP contribution in [0.3, 0.4) is 0 Å². The Labute approximate surface area is 407 Å². The number of esters is 2. The number of nitrogens with zero attached hydrogens (tertiary/aromatic N) is 3. The van der Waals surface area contributed by atoms with Gasteiger partial charge in [0.2, 0.25) is 5.91 Å². The van der Waals surface area contributed by atoms with Gasteiger partial charge in [-0.25, -0.2) is 0 Å². The molecule has 18 heteroatoms. The van der Waals surface area contributed by atoms with Gasteiger partial charge in [-0.1, -0.05) is 44.2 Å². The van der Waals surface area contributed by atoms with Gasteiger partial charge in [-0.3, -0.25) is 19.4 Å². The lowest BCUT2D eigenvalue weighted by Crippen LogP contribution is -2.65. The highest BCUT2D eigenvalue weighted by atomic mass is 16.7. The van der Waals surface area contributed by atoms with Gasteiger partial charge in [0, 0.05) is 57.1 Å². The van der Waals surface area contributed by atoms with E-state index in [0.717, 1.165) is 22.8 Å². The van der Waals surface area contributed by atoms with Gasteiger partial charge in [0.05, 0.1) is 54.6 Å². The zero-order valence-electron chi connectivity index (χ0n) is 42.1. The molecule has 5 rings (SSSR count). The van der Waals surface area contributed by atoms with E-state index in [1.54, 1.807) is 52.9 Å². The number of amides is 1. The topological polar surface area (TPSA) is 225 Å². The molecular formula is C51H78N4O14. The molecule has 0 radical (unpaired) electrons. The summed E-state index contributed by atoms with van der Waals surface area (Å²) in [7, 11) is 6.83. The number of methoxy groups -OCH3 is 1. The Balaban J connectivity index is 1.45. The van der Waals surface area contributed by atoms with Gasteiger partial charge < -0.3 is 68.4 Å². The van der Waals surface area contributed by atoms with Crippen LogP contribution in [0.25, 0.3) is 10.9 Å². The number of nitrogens with one attached hydrogen (secondary N) is 1. The number of ether oxygens (including phenoxy) is 7. The molecule has 1 amide bonds. The second-order valence-electron chi connectivity index (χ2n) is 19.5. The van der Waals surface area contributed by atoms with Crippen molar-refractivity contribution in [1.29, 1.82) is 0 Å². The Morgan fingerprint density at radius 1 is 1.04 bits per heavy atom. The van der Waals surface area contributed by atoms with Crippen LogP contribution in [0.4, 0.5) is 0 Å². The maximum atomic E-state index is 14.2. The number of aliphatic hydroxyl groups excluding tert-OH is 2. The van der Waals surface area contributed by atoms with Crippen molar-refractivity contribution in [3.8, 4) is 0 Å². The number of carbonyl (C=O) groups excluding carboxylic acids is 4. The van der Waals surface area contributed by atoms with Crippen molar-refractivity contribution < 1.29 is 67.7 Å². The first kappa shape index (κ1) is 56.0. The molecule has 16 atom stereocenters. The van der Waals surface area contributed by atoms with Crippen LogP contribution in [-0.4, -0.2) is 181 Å². The molecular weight excluding hydrogens is 893 g/mol. The van der Waals surface area contributed by atoms with E-state index in [4.69, 9.17) is 33.2 Å². The molecule has 4 N–H and O–H groups in total. The highest BCUT2D eigenvalue weighted by Crippen LogP contribution is 2.39. The van der Waals surface area contributed by atoms with Crippen LogP contribution in [0.5, 0.6) is 0 Å². The summed E-state index contributed by atoms with van der Waals surface area (Å²) in [5.74, 6) is -3.62. The van der Waals surface area contributed by atoms with Gasteiger partial charge in [-0.05, 0) is 97.6 Å². The van der Waals surface area contributed by atoms with E-state index in [1.165, 1.54) is 14.0 Å². The van der Waals surface area contributed by atoms with E-state index in [-0.39, 0.29) is 44.6 Å². The largest absolute Gasteiger partial charge is 0.466 e. The number of aromatic nitrogens is 1. The molecule has 4 heterocycles. The number of fused-ring (bicyclic) bond motifs is 1. The molecule has 1 aromatic carbocycles. The van der Waals surface area contributed by atoms with Crippen molar-refractivity contribution in [3.63, 3.8) is 0 Å². The van der Waals surface area contributed by atoms with Gasteiger partial charge in [-0.2, -0.15) is 0 Å². The summed E-state index contributed by atoms with van der Waals surface area (Å²) >= 11 is 0. The summed E-state index contributed by atoms with van der Waals surface area (Å²) in [5, 5.41) is 39.6. The summed E-state index contributed by atoms with van der Waals surface area (Å²) in [5.41, 5.74) is 0.423. The van der Waals surface area contributed by atoms with Crippen molar-refractivity contribution in [2.24, 2.45) is 17.8 Å². The number of pyridine rings is 1. The molecule has 69 heavy (non-hydrogen) atoms. The predicted octanol–water partition coefficient (Wildman–Crippen LogP) is 3.34. The van der Waals surface area contributed by atoms with E-state index in [1.807, 2.05) is 61.4 Å². The maximum Gasteiger partial charge on any atom is 0.314 e. The number of para-hydroxylation sites is 1. The van der Waals surface area contributed by atoms with Crippen LogP contribution in [0, 0.1) is 17.8 Å². The second kappa shape index (κ2) is 26.0. The quantitative estimate of drug-likeness (QED) is 0.114. The summed E-state index contributed by atoms with van der Waals surface area (Å²) in [6.07, 6.45) is -3.17. The molecule has 3 aliphatic rings. The number of allylic oxidation sites excluding steroid dienone is 1. The maximum absolute atomic E-state index is 14.2. The zero-order valence-corrected chi connectivity index (χ0v) is 42.1. The number of hydrogen-bond acceptors (Lipinski definition) is 17. The minimum absolute atomic E-state index is 0.00127. The smallest absolute Gasteiger partial charge is 0.314 e. The Hall–Kier alpha value is -3.95. The monoisotopic (exact) mass is 971 g/mol. The fourth-order valence-electron chi connectivity index (χ4n) is 10.2. The molecule has 18 nitrogen and oxygen atoms in total. The lowest BCUT2D eigenvalue weighted by molar-refractivity contribution is -0.340. The molecule has 3 aliphatic heterocycles. The number of likely N-dealkylation sites (N-methyl/N-ethyl adjacent to an activating group) is 2. The van der Waals surface area contributed by atoms with Gasteiger partial charge in [0.1, 0.15) is 36.6 Å². The van der Waals surface area contributed by atoms with Gasteiger partial charge in [0.25, 0.3) is 0 Å². The van der Waals surface area contributed by atoms with E-state index in [2.05, 4.69) is 10.3 Å². The van der Waals surface area contributed by atoms with Crippen LogP contribution in [-0.2, 0) is 58.8 Å². The fraction of sp³-hybridized carbons (Fsp3) is 0.706. The highest BCUT2D eigenvalue weighted by molar-refractivity contribution is 5.82. The van der Waals surface area contributed by atoms with Crippen molar-refractivity contribution >= 4 is 35.0 Å². The number of aliphatic hydroxyl groups is 3. The fourth-order valence-corrected chi connectivity index (χ4v) is 10.2. The number of hydrogen-bond donors (Lipinski definition) is 4. The predicted molar refractivity (Wildman–Crippen MR) is 255 cm³/mol. The number of rotatable bonds is 15. The third kappa shape index (κ3) is 14.8. The van der Waals surface area contributed by atoms with Crippen LogP contribution in [0.1, 0.15) is 85.6 Å². The standard InChI is InChI=1S/C51H78N4O14/c1-11-41(59)67-39-27-40(58)53-35(17-15-16-33-20-23-52-37-19-14-13-18-36(33)37)21-24-55(9)29-38(57)30(3)26-34(22-25-56)47(48(39)63-10)69-50-45(60)44(54(7)8)46(32(5)66-50)68-42-28-51(6,62)43(31(4)65-42)49(61)64-12-2/h13-15,17-20,23,25,30-32,34-35,38-39,42-48,50,57,60,62H,11-12,16,21-22,24,26-29H2,1-10H3,(H,53,58)/b17-15+/t30-,31+,32-,34+,35?,38+,39-,42+,43-,44-,45-,46-,47+,48+,50+,51-/m1/s1. The Bertz CT molecular complexity index is 2000.